The van der Waals surface area contributed by atoms with E-state index < -0.39 is 13.9 Å². The van der Waals surface area contributed by atoms with Crippen LogP contribution in [0.1, 0.15) is 79.1 Å². The zero-order valence-electron chi connectivity index (χ0n) is 19.9. The van der Waals surface area contributed by atoms with Gasteiger partial charge >= 0.3 is 5.97 Å². The van der Waals surface area contributed by atoms with Gasteiger partial charge in [-0.1, -0.05) is 78.0 Å². The third kappa shape index (κ3) is 8.39. The first-order chi connectivity index (χ1) is 13.6. The molecule has 1 rings (SSSR count). The van der Waals surface area contributed by atoms with Gasteiger partial charge in [0.15, 0.2) is 13.9 Å². The second kappa shape index (κ2) is 12.1. The molecule has 0 unspecified atom stereocenters. The second-order valence-electron chi connectivity index (χ2n) is 9.70. The van der Waals surface area contributed by atoms with Gasteiger partial charge in [-0.05, 0) is 37.0 Å². The molecule has 29 heavy (non-hydrogen) atoms. The summed E-state index contributed by atoms with van der Waals surface area (Å²) < 4.78 is 17.5. The number of carbonyl (C=O) groups is 1. The second-order valence-corrected chi connectivity index (χ2v) is 14.5. The molecule has 0 saturated heterocycles. The van der Waals surface area contributed by atoms with Crippen LogP contribution in [0, 0.1) is 0 Å². The van der Waals surface area contributed by atoms with Crippen LogP contribution in [0.15, 0.2) is 24.3 Å². The van der Waals surface area contributed by atoms with Crippen molar-refractivity contribution in [2.24, 2.45) is 0 Å². The predicted molar refractivity (Wildman–Crippen MR) is 124 cm³/mol. The number of hydrogen-bond acceptors (Lipinski definition) is 4. The molecule has 0 aromatic heterocycles. The lowest BCUT2D eigenvalue weighted by Crippen LogP contribution is -2.44. The number of ether oxygens (including phenoxy) is 2. The van der Waals surface area contributed by atoms with Gasteiger partial charge in [0.25, 0.3) is 0 Å². The van der Waals surface area contributed by atoms with Crippen molar-refractivity contribution in [1.82, 2.24) is 0 Å². The van der Waals surface area contributed by atoms with E-state index in [1.165, 1.54) is 45.6 Å². The molecule has 0 fully saturated rings. The van der Waals surface area contributed by atoms with Crippen LogP contribution in [0.4, 0.5) is 0 Å². The molecule has 0 radical (unpaired) electrons. The summed E-state index contributed by atoms with van der Waals surface area (Å²) >= 11 is 0. The van der Waals surface area contributed by atoms with Crippen molar-refractivity contribution in [3.05, 3.63) is 24.3 Å². The van der Waals surface area contributed by atoms with Crippen molar-refractivity contribution in [1.29, 1.82) is 0 Å². The zero-order valence-corrected chi connectivity index (χ0v) is 20.9. The molecule has 0 saturated carbocycles. The zero-order chi connectivity index (χ0) is 22.0. The first kappa shape index (κ1) is 26.1. The molecule has 1 heterocycles. The van der Waals surface area contributed by atoms with Crippen LogP contribution < -0.4 is 0 Å². The largest absolute Gasteiger partial charge is 0.467 e. The van der Waals surface area contributed by atoms with Crippen molar-refractivity contribution >= 4 is 14.3 Å². The molecule has 1 aliphatic heterocycles. The van der Waals surface area contributed by atoms with Crippen LogP contribution in [0.3, 0.4) is 0 Å². The predicted octanol–water partition coefficient (Wildman–Crippen LogP) is 6.57. The molecule has 0 aliphatic carbocycles. The maximum Gasteiger partial charge on any atom is 0.342 e. The first-order valence-electron chi connectivity index (χ1n) is 11.3. The molecule has 0 spiro atoms. The van der Waals surface area contributed by atoms with Crippen molar-refractivity contribution in [3.8, 4) is 0 Å². The van der Waals surface area contributed by atoms with E-state index in [0.717, 1.165) is 6.42 Å². The van der Waals surface area contributed by atoms with Crippen LogP contribution in [-0.2, 0) is 18.7 Å². The van der Waals surface area contributed by atoms with E-state index in [2.05, 4.69) is 52.9 Å². The highest BCUT2D eigenvalue weighted by Crippen LogP contribution is 2.37. The summed E-state index contributed by atoms with van der Waals surface area (Å²) in [4.78, 5) is 12.4. The molecule has 0 amide bonds. The monoisotopic (exact) mass is 424 g/mol. The van der Waals surface area contributed by atoms with Crippen molar-refractivity contribution in [3.63, 3.8) is 0 Å². The van der Waals surface area contributed by atoms with Crippen LogP contribution >= 0.6 is 0 Å². The quantitative estimate of drug-likeness (QED) is 0.145. The molecule has 0 aromatic rings. The fourth-order valence-corrected chi connectivity index (χ4v) is 4.13. The van der Waals surface area contributed by atoms with E-state index in [0.29, 0.717) is 13.0 Å². The lowest BCUT2D eigenvalue weighted by atomic mass is 9.99. The summed E-state index contributed by atoms with van der Waals surface area (Å²) in [5.41, 5.74) is -1.02. The molecule has 0 bridgehead atoms. The van der Waals surface area contributed by atoms with E-state index in [9.17, 15) is 4.79 Å². The Kier molecular flexibility index (Phi) is 10.9. The minimum atomic E-state index is -1.85. The molecular formula is C24H44O4Si. The molecule has 1 aliphatic rings. The summed E-state index contributed by atoms with van der Waals surface area (Å²) in [6.07, 6.45) is 17.1. The molecule has 168 valence electrons. The number of unbranched alkanes of at least 4 members (excludes halogenated alkanes) is 6. The molecular weight excluding hydrogens is 380 g/mol. The average Bonchev–Trinajstić information content (AvgIpc) is 3.08. The lowest BCUT2D eigenvalue weighted by molar-refractivity contribution is -0.164. The van der Waals surface area contributed by atoms with Gasteiger partial charge in [0.1, 0.15) is 0 Å². The van der Waals surface area contributed by atoms with Gasteiger partial charge in [0.05, 0.1) is 19.8 Å². The highest BCUT2D eigenvalue weighted by molar-refractivity contribution is 6.74. The van der Waals surface area contributed by atoms with E-state index in [1.54, 1.807) is 0 Å². The fraction of sp³-hybridized carbons (Fsp3) is 0.792. The van der Waals surface area contributed by atoms with Gasteiger partial charge in [-0.25, -0.2) is 4.79 Å². The molecule has 4 nitrogen and oxygen atoms in total. The van der Waals surface area contributed by atoms with Crippen LogP contribution in [0.5, 0.6) is 0 Å². The van der Waals surface area contributed by atoms with Gasteiger partial charge in [0.2, 0.25) is 0 Å². The molecule has 0 N–H and O–H groups in total. The normalized spacial score (nSPS) is 22.5. The van der Waals surface area contributed by atoms with Crippen LogP contribution in [0.2, 0.25) is 18.1 Å². The lowest BCUT2D eigenvalue weighted by Gasteiger charge is -2.37. The topological polar surface area (TPSA) is 44.8 Å². The van der Waals surface area contributed by atoms with Gasteiger partial charge in [-0.2, -0.15) is 0 Å². The smallest absolute Gasteiger partial charge is 0.342 e. The third-order valence-corrected chi connectivity index (χ3v) is 10.7. The molecule has 2 atom stereocenters. The Morgan fingerprint density at radius 2 is 1.79 bits per heavy atom. The number of methoxy groups -OCH3 is 1. The van der Waals surface area contributed by atoms with E-state index in [-0.39, 0.29) is 17.1 Å². The van der Waals surface area contributed by atoms with Crippen molar-refractivity contribution in [2.75, 3.05) is 13.7 Å². The summed E-state index contributed by atoms with van der Waals surface area (Å²) in [6, 6.07) is 0. The Morgan fingerprint density at radius 1 is 1.14 bits per heavy atom. The van der Waals surface area contributed by atoms with Crippen molar-refractivity contribution in [2.45, 2.75) is 109 Å². The highest BCUT2D eigenvalue weighted by Gasteiger charge is 2.44. The Morgan fingerprint density at radius 3 is 2.41 bits per heavy atom. The Hall–Kier alpha value is -0.913. The number of esters is 1. The van der Waals surface area contributed by atoms with E-state index >= 15 is 0 Å². The Labute approximate surface area is 180 Å². The summed E-state index contributed by atoms with van der Waals surface area (Å²) in [6.45, 7) is 13.8. The van der Waals surface area contributed by atoms with Crippen LogP contribution in [0.25, 0.3) is 0 Å². The highest BCUT2D eigenvalue weighted by atomic mass is 28.4. The van der Waals surface area contributed by atoms with Crippen LogP contribution in [-0.4, -0.2) is 39.7 Å². The Balaban J connectivity index is 2.51. The SMILES string of the molecule is CCCCCCCCC=CC[C@]1(C(=O)OC)C=C[C@@H](CO[Si](C)(C)C(C)(C)C)O1. The van der Waals surface area contributed by atoms with E-state index in [4.69, 9.17) is 13.9 Å². The van der Waals surface area contributed by atoms with Gasteiger partial charge < -0.3 is 13.9 Å². The van der Waals surface area contributed by atoms with Gasteiger partial charge in [0, 0.05) is 6.42 Å². The maximum absolute atomic E-state index is 12.4. The Bertz CT molecular complexity index is 548. The number of rotatable bonds is 13. The summed E-state index contributed by atoms with van der Waals surface area (Å²) in [5.74, 6) is -0.340. The van der Waals surface area contributed by atoms with E-state index in [1.807, 2.05) is 12.2 Å². The number of carbonyl (C=O) groups excluding carboxylic acids is 1. The summed E-state index contributed by atoms with van der Waals surface area (Å²) in [7, 11) is -0.434. The minimum absolute atomic E-state index is 0.147. The maximum atomic E-state index is 12.4. The summed E-state index contributed by atoms with van der Waals surface area (Å²) in [5, 5.41) is 0.147. The molecule has 5 heteroatoms. The number of hydrogen-bond donors (Lipinski definition) is 0. The fourth-order valence-electron chi connectivity index (χ4n) is 3.12. The number of allylic oxidation sites excluding steroid dienone is 1. The van der Waals surface area contributed by atoms with Gasteiger partial charge in [-0.15, -0.1) is 0 Å². The van der Waals surface area contributed by atoms with Crippen molar-refractivity contribution < 1.29 is 18.7 Å². The van der Waals surface area contributed by atoms with Gasteiger partial charge in [-0.3, -0.25) is 0 Å². The molecule has 0 aromatic carbocycles. The minimum Gasteiger partial charge on any atom is -0.467 e. The third-order valence-electron chi connectivity index (χ3n) is 6.20. The average molecular weight is 425 g/mol. The first-order valence-corrected chi connectivity index (χ1v) is 14.2. The standard InChI is InChI=1S/C24H44O4Si/c1-8-9-10-11-12-13-14-15-16-18-24(22(25)26-5)19-17-21(28-24)20-27-29(6,7)23(2,3)4/h15-17,19,21H,8-14,18,20H2,1-7H3/t21-,24+/m0/s1.